The number of carbonyl (C=O) groups excluding carboxylic acids is 2. The van der Waals surface area contributed by atoms with E-state index in [1.807, 2.05) is 58.0 Å². The number of benzene rings is 1. The van der Waals surface area contributed by atoms with Gasteiger partial charge in [-0.3, -0.25) is 15.0 Å². The highest BCUT2D eigenvalue weighted by molar-refractivity contribution is 7.99. The second-order valence-electron chi connectivity index (χ2n) is 10.2. The van der Waals surface area contributed by atoms with E-state index in [2.05, 4.69) is 5.43 Å². The molecule has 33 heavy (non-hydrogen) atoms. The van der Waals surface area contributed by atoms with E-state index in [0.29, 0.717) is 12.2 Å². The molecule has 0 aliphatic carbocycles. The van der Waals surface area contributed by atoms with Crippen molar-refractivity contribution in [2.45, 2.75) is 65.4 Å². The van der Waals surface area contributed by atoms with Gasteiger partial charge in [-0.2, -0.15) is 0 Å². The van der Waals surface area contributed by atoms with E-state index in [0.717, 1.165) is 15.6 Å². The minimum atomic E-state index is -3.67. The third-order valence-corrected chi connectivity index (χ3v) is 6.77. The largest absolute Gasteiger partial charge is 0.460 e. The maximum absolute atomic E-state index is 13.4. The molecule has 1 rings (SSSR count). The van der Waals surface area contributed by atoms with Crippen LogP contribution in [0.3, 0.4) is 0 Å². The van der Waals surface area contributed by atoms with Crippen LogP contribution in [-0.2, 0) is 24.3 Å². The minimum Gasteiger partial charge on any atom is -0.460 e. The highest BCUT2D eigenvalue weighted by atomic mass is 32.2. The first-order valence-corrected chi connectivity index (χ1v) is 14.1. The van der Waals surface area contributed by atoms with Gasteiger partial charge in [0.1, 0.15) is 5.60 Å². The Morgan fingerprint density at radius 3 is 2.06 bits per heavy atom. The monoisotopic (exact) mass is 500 g/mol. The summed E-state index contributed by atoms with van der Waals surface area (Å²) in [4.78, 5) is 27.6. The van der Waals surface area contributed by atoms with Gasteiger partial charge in [-0.05, 0) is 51.2 Å². The Hall–Kier alpha value is -1.58. The van der Waals surface area contributed by atoms with Crippen molar-refractivity contribution in [3.05, 3.63) is 30.3 Å². The number of hydrogen-bond acceptors (Lipinski definition) is 6. The van der Waals surface area contributed by atoms with Crippen molar-refractivity contribution in [3.8, 4) is 0 Å². The molecular formula is C24H40N2O5S2. The smallest absolute Gasteiger partial charge is 0.311 e. The summed E-state index contributed by atoms with van der Waals surface area (Å²) in [6.07, 6.45) is 1.48. The average molecular weight is 501 g/mol. The molecule has 2 atom stereocenters. The van der Waals surface area contributed by atoms with Gasteiger partial charge in [0.25, 0.3) is 0 Å². The second-order valence-corrected chi connectivity index (χ2v) is 13.2. The summed E-state index contributed by atoms with van der Waals surface area (Å²) < 4.78 is 31.2. The number of esters is 1. The van der Waals surface area contributed by atoms with E-state index in [-0.39, 0.29) is 18.4 Å². The summed E-state index contributed by atoms with van der Waals surface area (Å²) in [5, 5.41) is 0. The number of nitrogens with one attached hydrogen (secondary N) is 1. The van der Waals surface area contributed by atoms with Gasteiger partial charge in [-0.25, -0.2) is 8.42 Å². The molecule has 1 aromatic rings. The van der Waals surface area contributed by atoms with Crippen LogP contribution in [0.2, 0.25) is 0 Å². The quantitative estimate of drug-likeness (QED) is 0.261. The fraction of sp³-hybridized carbons (Fsp3) is 0.667. The lowest BCUT2D eigenvalue weighted by atomic mass is 9.85. The molecule has 0 heterocycles. The van der Waals surface area contributed by atoms with Crippen LogP contribution in [0.1, 0.15) is 54.9 Å². The summed E-state index contributed by atoms with van der Waals surface area (Å²) in [6.45, 7) is 13.2. The molecule has 0 unspecified atom stereocenters. The number of thioether (sulfide) groups is 1. The van der Waals surface area contributed by atoms with Gasteiger partial charge in [0, 0.05) is 17.2 Å². The fourth-order valence-electron chi connectivity index (χ4n) is 3.19. The maximum atomic E-state index is 13.4. The van der Waals surface area contributed by atoms with Gasteiger partial charge >= 0.3 is 5.97 Å². The Balaban J connectivity index is 3.26. The van der Waals surface area contributed by atoms with Crippen LogP contribution in [0.5, 0.6) is 0 Å². The molecule has 1 N–H and O–H groups in total. The van der Waals surface area contributed by atoms with E-state index >= 15 is 0 Å². The summed E-state index contributed by atoms with van der Waals surface area (Å²) in [7, 11) is -3.67. The zero-order valence-corrected chi connectivity index (χ0v) is 22.8. The van der Waals surface area contributed by atoms with Gasteiger partial charge in [-0.1, -0.05) is 45.9 Å². The standard InChI is InChI=1S/C24H40N2O5S2/c1-17(2)14-20(22(27)25-26(15-18(3)4)33(8,29)30)21(23(28)31-24(5,6)7)16-32-19-12-10-9-11-13-19/h9-13,17-18,20-21H,14-16H2,1-8H3,(H,25,27)/t20-,21+/m1/s1. The lowest BCUT2D eigenvalue weighted by Crippen LogP contribution is -2.51. The molecule has 1 aromatic carbocycles. The van der Waals surface area contributed by atoms with Crippen molar-refractivity contribution in [1.29, 1.82) is 0 Å². The van der Waals surface area contributed by atoms with E-state index < -0.39 is 39.3 Å². The third-order valence-electron chi connectivity index (χ3n) is 4.60. The molecular weight excluding hydrogens is 460 g/mol. The normalized spacial score (nSPS) is 14.4. The van der Waals surface area contributed by atoms with Gasteiger partial charge in [-0.15, -0.1) is 16.2 Å². The molecule has 0 fully saturated rings. The number of hydrazine groups is 1. The molecule has 9 heteroatoms. The molecule has 0 spiro atoms. The van der Waals surface area contributed by atoms with E-state index in [1.54, 1.807) is 20.8 Å². The molecule has 0 aliphatic rings. The van der Waals surface area contributed by atoms with E-state index in [1.165, 1.54) is 11.8 Å². The molecule has 0 saturated carbocycles. The highest BCUT2D eigenvalue weighted by Crippen LogP contribution is 2.30. The van der Waals surface area contributed by atoms with Crippen LogP contribution in [0.4, 0.5) is 0 Å². The predicted octanol–water partition coefficient (Wildman–Crippen LogP) is 4.35. The number of sulfonamides is 1. The Morgan fingerprint density at radius 2 is 1.61 bits per heavy atom. The number of rotatable bonds is 12. The molecule has 0 bridgehead atoms. The van der Waals surface area contributed by atoms with Crippen LogP contribution in [0.25, 0.3) is 0 Å². The van der Waals surface area contributed by atoms with Crippen molar-refractivity contribution < 1.29 is 22.7 Å². The highest BCUT2D eigenvalue weighted by Gasteiger charge is 2.38. The zero-order valence-electron chi connectivity index (χ0n) is 21.1. The number of carbonyl (C=O) groups is 2. The topological polar surface area (TPSA) is 92.8 Å². The summed E-state index contributed by atoms with van der Waals surface area (Å²) in [5.41, 5.74) is 1.87. The molecule has 1 amide bonds. The first-order chi connectivity index (χ1) is 15.1. The third kappa shape index (κ3) is 11.4. The molecule has 0 saturated heterocycles. The number of nitrogens with zero attached hydrogens (tertiary/aromatic N) is 1. The van der Waals surface area contributed by atoms with Crippen LogP contribution >= 0.6 is 11.8 Å². The van der Waals surface area contributed by atoms with Gasteiger partial charge in [0.05, 0.1) is 18.1 Å². The lowest BCUT2D eigenvalue weighted by molar-refractivity contribution is -0.163. The number of amides is 1. The summed E-state index contributed by atoms with van der Waals surface area (Å²) >= 11 is 1.48. The first-order valence-electron chi connectivity index (χ1n) is 11.3. The molecule has 7 nitrogen and oxygen atoms in total. The summed E-state index contributed by atoms with van der Waals surface area (Å²) in [6, 6.07) is 9.64. The van der Waals surface area contributed by atoms with Crippen LogP contribution in [-0.4, -0.2) is 48.9 Å². The predicted molar refractivity (Wildman–Crippen MR) is 134 cm³/mol. The van der Waals surface area contributed by atoms with E-state index in [4.69, 9.17) is 4.74 Å². The molecule has 0 aliphatic heterocycles. The first kappa shape index (κ1) is 29.5. The molecule has 0 aromatic heterocycles. The van der Waals surface area contributed by atoms with E-state index in [9.17, 15) is 18.0 Å². The Bertz CT molecular complexity index is 865. The Morgan fingerprint density at radius 1 is 1.03 bits per heavy atom. The van der Waals surface area contributed by atoms with Gasteiger partial charge < -0.3 is 4.74 Å². The zero-order chi connectivity index (χ0) is 25.4. The minimum absolute atomic E-state index is 0.0128. The fourth-order valence-corrected chi connectivity index (χ4v) is 5.11. The second kappa shape index (κ2) is 12.8. The van der Waals surface area contributed by atoms with Crippen molar-refractivity contribution in [2.75, 3.05) is 18.6 Å². The van der Waals surface area contributed by atoms with Crippen LogP contribution < -0.4 is 5.43 Å². The van der Waals surface area contributed by atoms with Crippen molar-refractivity contribution in [2.24, 2.45) is 23.7 Å². The van der Waals surface area contributed by atoms with Crippen molar-refractivity contribution >= 4 is 33.7 Å². The van der Waals surface area contributed by atoms with Gasteiger partial charge in [0.15, 0.2) is 0 Å². The molecule has 0 radical (unpaired) electrons. The van der Waals surface area contributed by atoms with Gasteiger partial charge in [0.2, 0.25) is 15.9 Å². The number of ether oxygens (including phenoxy) is 1. The molecule has 188 valence electrons. The Kier molecular flexibility index (Phi) is 11.4. The van der Waals surface area contributed by atoms with Crippen LogP contribution in [0.15, 0.2) is 35.2 Å². The SMILES string of the molecule is CC(C)C[C@@H](C(=O)NN(CC(C)C)S(C)(=O)=O)[C@H](CSc1ccccc1)C(=O)OC(C)(C)C. The average Bonchev–Trinajstić information content (AvgIpc) is 2.64. The Labute approximate surface area is 204 Å². The summed E-state index contributed by atoms with van der Waals surface area (Å²) in [5.74, 6) is -1.96. The van der Waals surface area contributed by atoms with Crippen molar-refractivity contribution in [3.63, 3.8) is 0 Å². The van der Waals surface area contributed by atoms with Crippen LogP contribution in [0, 0.1) is 23.7 Å². The maximum Gasteiger partial charge on any atom is 0.311 e. The van der Waals surface area contributed by atoms with Crippen molar-refractivity contribution in [1.82, 2.24) is 9.84 Å². The number of hydrogen-bond donors (Lipinski definition) is 1. The lowest BCUT2D eigenvalue weighted by Gasteiger charge is -2.31.